The van der Waals surface area contributed by atoms with Crippen LogP contribution >= 0.6 is 11.8 Å². The van der Waals surface area contributed by atoms with Crippen LogP contribution in [0.3, 0.4) is 0 Å². The second kappa shape index (κ2) is 31.1. The third kappa shape index (κ3) is 20.5. The number of aliphatic carboxylic acids is 1. The van der Waals surface area contributed by atoms with Gasteiger partial charge in [0.25, 0.3) is 11.8 Å². The van der Waals surface area contributed by atoms with Gasteiger partial charge in [-0.25, -0.2) is 8.78 Å². The number of nitrogens with zero attached hydrogens (tertiary/aromatic N) is 3. The number of amides is 4. The number of imide groups is 1. The summed E-state index contributed by atoms with van der Waals surface area (Å²) in [5, 5.41) is 11.8. The van der Waals surface area contributed by atoms with E-state index >= 15 is 4.39 Å². The first-order valence-corrected chi connectivity index (χ1v) is 25.3. The predicted octanol–water partition coefficient (Wildman–Crippen LogP) is 5.38. The van der Waals surface area contributed by atoms with Crippen molar-refractivity contribution in [1.29, 1.82) is 0 Å². The number of hydrogen-bond donors (Lipinski definition) is 3. The highest BCUT2D eigenvalue weighted by Gasteiger charge is 2.37. The van der Waals surface area contributed by atoms with E-state index < -0.39 is 52.7 Å². The van der Waals surface area contributed by atoms with Gasteiger partial charge in [0.15, 0.2) is 5.78 Å². The predicted molar refractivity (Wildman–Crippen MR) is 267 cm³/mol. The Kier molecular flexibility index (Phi) is 25.4. The van der Waals surface area contributed by atoms with Gasteiger partial charge in [-0.1, -0.05) is 51.1 Å². The molecule has 0 aliphatic carbocycles. The molecule has 4 N–H and O–H groups in total. The molecule has 2 atom stereocenters. The summed E-state index contributed by atoms with van der Waals surface area (Å²) in [7, 11) is 0. The van der Waals surface area contributed by atoms with E-state index in [1.165, 1.54) is 11.8 Å². The number of nitrogens with two attached hydrogens (primary N) is 1. The van der Waals surface area contributed by atoms with Crippen LogP contribution in [0.4, 0.5) is 8.78 Å². The molecule has 0 spiro atoms. The van der Waals surface area contributed by atoms with Gasteiger partial charge in [-0.05, 0) is 54.6 Å². The molecule has 1 aliphatic rings. The molecule has 0 radical (unpaired) electrons. The second-order valence-corrected chi connectivity index (χ2v) is 19.2. The maximum Gasteiger partial charge on any atom is 0.305 e. The SMILES string of the molecule is CC(C)(C)[C@H](c1cc(-c2cc(F)ccc2F)cn1Cc1ccccc1)N(CCCN)C(=O)CSC[C@H](CC(=O)CCOCCOCCOCCOCCCC(=O)CN1C(=O)C=CC1=O)C(=O)NCCC(=O)O. The number of hydrogen-bond acceptors (Lipinski definition) is 13. The van der Waals surface area contributed by atoms with E-state index in [0.717, 1.165) is 40.8 Å². The first-order valence-electron chi connectivity index (χ1n) is 24.1. The average Bonchev–Trinajstić information content (AvgIpc) is 3.88. The molecule has 20 heteroatoms. The lowest BCUT2D eigenvalue weighted by atomic mass is 9.83. The minimum absolute atomic E-state index is 0.0132. The maximum atomic E-state index is 15.2. The number of aromatic nitrogens is 1. The van der Waals surface area contributed by atoms with Crippen LogP contribution in [0.2, 0.25) is 0 Å². The standard InChI is InChI=1S/C52H69F2N5O12S/c1-52(2,3)50(45-30-38(43-31-40(53)12-13-44(43)54)33-57(45)32-37-9-5-4-6-10-37)58(20-8-18-55)48(64)36-72-35-39(51(67)56-19-16-49(65)66)29-41(60)17-22-69-24-26-71-28-27-70-25-23-68-21-7-11-42(61)34-59-46(62)14-15-47(59)63/h4-6,9-10,12-15,30-31,33,39,50H,7-8,11,16-29,32,34-36,55H2,1-3H3,(H,56,67)(H,65,66)/t39-,50-/m0/s1. The number of carbonyl (C=O) groups is 7. The molecule has 2 aromatic carbocycles. The summed E-state index contributed by atoms with van der Waals surface area (Å²) in [5.74, 6) is -5.34. The van der Waals surface area contributed by atoms with Crippen LogP contribution in [0.1, 0.15) is 76.6 Å². The summed E-state index contributed by atoms with van der Waals surface area (Å²) in [4.78, 5) is 90.0. The molecule has 394 valence electrons. The van der Waals surface area contributed by atoms with Crippen LogP contribution in [0.5, 0.6) is 0 Å². The van der Waals surface area contributed by atoms with Gasteiger partial charge < -0.3 is 44.6 Å². The summed E-state index contributed by atoms with van der Waals surface area (Å²) in [5.41, 5.74) is 7.61. The number of carboxylic acids is 1. The van der Waals surface area contributed by atoms with Gasteiger partial charge in [0.1, 0.15) is 17.4 Å². The molecule has 0 unspecified atom stereocenters. The summed E-state index contributed by atoms with van der Waals surface area (Å²) in [6, 6.07) is 14.2. The summed E-state index contributed by atoms with van der Waals surface area (Å²) < 4.78 is 53.7. The molecule has 4 amide bonds. The molecule has 17 nitrogen and oxygen atoms in total. The number of rotatable bonds is 36. The highest BCUT2D eigenvalue weighted by atomic mass is 32.2. The molecule has 4 rings (SSSR count). The third-order valence-electron chi connectivity index (χ3n) is 11.3. The number of carboxylic acid groups (broad SMARTS) is 1. The largest absolute Gasteiger partial charge is 0.481 e. The van der Waals surface area contributed by atoms with Crippen molar-refractivity contribution in [2.24, 2.45) is 17.1 Å². The zero-order chi connectivity index (χ0) is 52.5. The fourth-order valence-corrected chi connectivity index (χ4v) is 8.86. The fraction of sp³-hybridized carbons (Fsp3) is 0.519. The minimum Gasteiger partial charge on any atom is -0.481 e. The Hall–Kier alpha value is -5.64. The van der Waals surface area contributed by atoms with Gasteiger partial charge in [0, 0.05) is 86.4 Å². The molecule has 0 fully saturated rings. The van der Waals surface area contributed by atoms with Crippen LogP contribution in [0.25, 0.3) is 11.1 Å². The van der Waals surface area contributed by atoms with E-state index in [9.17, 15) is 38.0 Å². The minimum atomic E-state index is -1.09. The lowest BCUT2D eigenvalue weighted by molar-refractivity contribution is -0.140. The van der Waals surface area contributed by atoms with E-state index in [-0.39, 0.29) is 99.7 Å². The Morgan fingerprint density at radius 1 is 0.806 bits per heavy atom. The number of halogens is 2. The molecule has 0 saturated heterocycles. The molecule has 2 heterocycles. The fourth-order valence-electron chi connectivity index (χ4n) is 7.85. The lowest BCUT2D eigenvalue weighted by Gasteiger charge is -2.41. The van der Waals surface area contributed by atoms with E-state index in [1.807, 2.05) is 55.7 Å². The number of ether oxygens (including phenoxy) is 4. The van der Waals surface area contributed by atoms with Crippen LogP contribution in [0.15, 0.2) is 72.9 Å². The summed E-state index contributed by atoms with van der Waals surface area (Å²) in [6.45, 7) is 8.66. The Morgan fingerprint density at radius 2 is 1.44 bits per heavy atom. The van der Waals surface area contributed by atoms with Crippen molar-refractivity contribution in [3.8, 4) is 11.1 Å². The normalized spacial score (nSPS) is 13.4. The van der Waals surface area contributed by atoms with Gasteiger partial charge in [-0.2, -0.15) is 11.8 Å². The van der Waals surface area contributed by atoms with E-state index in [4.69, 9.17) is 29.8 Å². The smallest absolute Gasteiger partial charge is 0.305 e. The molecular formula is C52H69F2N5O12S. The van der Waals surface area contributed by atoms with Crippen molar-refractivity contribution < 1.29 is 66.4 Å². The van der Waals surface area contributed by atoms with Crippen LogP contribution in [0, 0.1) is 23.0 Å². The van der Waals surface area contributed by atoms with Crippen molar-refractivity contribution >= 4 is 52.9 Å². The number of benzene rings is 2. The molecule has 72 heavy (non-hydrogen) atoms. The van der Waals surface area contributed by atoms with Gasteiger partial charge in [-0.15, -0.1) is 0 Å². The zero-order valence-electron chi connectivity index (χ0n) is 41.5. The van der Waals surface area contributed by atoms with Crippen molar-refractivity contribution in [3.63, 3.8) is 0 Å². The number of thioether (sulfide) groups is 1. The van der Waals surface area contributed by atoms with Crippen molar-refractivity contribution in [2.45, 2.75) is 71.9 Å². The summed E-state index contributed by atoms with van der Waals surface area (Å²) >= 11 is 1.18. The first kappa shape index (κ1) is 58.9. The molecule has 0 saturated carbocycles. The quantitative estimate of drug-likeness (QED) is 0.0492. The van der Waals surface area contributed by atoms with Gasteiger partial charge in [-0.3, -0.25) is 38.5 Å². The van der Waals surface area contributed by atoms with E-state index in [1.54, 1.807) is 17.2 Å². The third-order valence-corrected chi connectivity index (χ3v) is 12.4. The van der Waals surface area contributed by atoms with Crippen molar-refractivity contribution in [1.82, 2.24) is 19.7 Å². The molecule has 3 aromatic rings. The molecule has 1 aromatic heterocycles. The monoisotopic (exact) mass is 1030 g/mol. The molecule has 0 bridgehead atoms. The summed E-state index contributed by atoms with van der Waals surface area (Å²) in [6.07, 6.45) is 4.69. The zero-order valence-corrected chi connectivity index (χ0v) is 42.3. The highest BCUT2D eigenvalue weighted by molar-refractivity contribution is 7.99. The van der Waals surface area contributed by atoms with Gasteiger partial charge in [0.05, 0.1) is 76.9 Å². The number of nitrogens with one attached hydrogen (secondary N) is 1. The topological polar surface area (TPSA) is 226 Å². The molecular weight excluding hydrogens is 957 g/mol. The lowest BCUT2D eigenvalue weighted by Crippen LogP contribution is -2.44. The van der Waals surface area contributed by atoms with Crippen LogP contribution in [-0.2, 0) is 59.1 Å². The Balaban J connectivity index is 1.26. The van der Waals surface area contributed by atoms with Gasteiger partial charge >= 0.3 is 5.97 Å². The second-order valence-electron chi connectivity index (χ2n) is 18.2. The highest BCUT2D eigenvalue weighted by Crippen LogP contribution is 2.41. The number of Topliss-reactive ketones (excluding diaryl/α,β-unsaturated/α-hetero) is 2. The van der Waals surface area contributed by atoms with Crippen LogP contribution < -0.4 is 11.1 Å². The van der Waals surface area contributed by atoms with Gasteiger partial charge in [0.2, 0.25) is 11.8 Å². The van der Waals surface area contributed by atoms with Crippen LogP contribution in [-0.4, -0.2) is 151 Å². The average molecular weight is 1030 g/mol. The van der Waals surface area contributed by atoms with Crippen molar-refractivity contribution in [3.05, 3.63) is 95.8 Å². The Labute approximate surface area is 424 Å². The number of carbonyl (C=O) groups excluding carboxylic acids is 6. The first-order chi connectivity index (χ1) is 34.5. The van der Waals surface area contributed by atoms with E-state index in [0.29, 0.717) is 70.2 Å². The Morgan fingerprint density at radius 3 is 2.07 bits per heavy atom. The maximum absolute atomic E-state index is 15.2. The van der Waals surface area contributed by atoms with E-state index in [2.05, 4.69) is 5.32 Å². The molecule has 1 aliphatic heterocycles. The number of ketones is 2. The van der Waals surface area contributed by atoms with Crippen molar-refractivity contribution in [2.75, 3.05) is 90.5 Å². The Bertz CT molecular complexity index is 2270.